The number of hydrogen-bond acceptors (Lipinski definition) is 1. The lowest BCUT2D eigenvalue weighted by Crippen LogP contribution is -2.38. The molecular weight excluding hydrogens is 252 g/mol. The van der Waals surface area contributed by atoms with Gasteiger partial charge in [0.2, 0.25) is 0 Å². The molecule has 18 heavy (non-hydrogen) atoms. The normalized spacial score (nSPS) is 10.5. The number of hydrogen-bond donors (Lipinski definition) is 2. The average Bonchev–Trinajstić information content (AvgIpc) is 2.31. The van der Waals surface area contributed by atoms with Crippen LogP contribution in [0.25, 0.3) is 0 Å². The van der Waals surface area contributed by atoms with Crippen molar-refractivity contribution in [2.24, 2.45) is 0 Å². The maximum atomic E-state index is 12.8. The minimum Gasteiger partial charge on any atom is -0.338 e. The monoisotopic (exact) mass is 264 g/mol. The van der Waals surface area contributed by atoms with Crippen LogP contribution in [0, 0.1) is 11.6 Å². The Kier molecular flexibility index (Phi) is 5.41. The Balaban J connectivity index is 2.28. The van der Waals surface area contributed by atoms with Gasteiger partial charge in [-0.2, -0.15) is 0 Å². The van der Waals surface area contributed by atoms with Crippen molar-refractivity contribution in [3.63, 3.8) is 0 Å². The van der Waals surface area contributed by atoms with Crippen molar-refractivity contribution in [1.82, 2.24) is 10.6 Å². The van der Waals surface area contributed by atoms with Crippen molar-refractivity contribution in [1.29, 1.82) is 0 Å². The molecule has 2 amide bonds. The van der Waals surface area contributed by atoms with Crippen molar-refractivity contribution in [3.05, 3.63) is 35.4 Å². The van der Waals surface area contributed by atoms with Crippen LogP contribution in [0.5, 0.6) is 0 Å². The highest BCUT2D eigenvalue weighted by Crippen LogP contribution is 2.08. The van der Waals surface area contributed by atoms with Gasteiger partial charge in [0.25, 0.3) is 6.43 Å². The first-order chi connectivity index (χ1) is 8.49. The summed E-state index contributed by atoms with van der Waals surface area (Å²) >= 11 is 0. The smallest absolute Gasteiger partial charge is 0.314 e. The highest BCUT2D eigenvalue weighted by Gasteiger charge is 2.06. The Morgan fingerprint density at radius 1 is 1.17 bits per heavy atom. The van der Waals surface area contributed by atoms with Gasteiger partial charge in [0.1, 0.15) is 0 Å². The molecule has 0 atom stereocenters. The Morgan fingerprint density at radius 2 is 1.89 bits per heavy atom. The standard InChI is InChI=1S/C11H12F4N2O/c12-8-2-1-7(5-9(8)13)3-4-16-11(18)17-6-10(14)15/h1-2,5,10H,3-4,6H2,(H2,16,17,18). The number of rotatable bonds is 5. The summed E-state index contributed by atoms with van der Waals surface area (Å²) in [5.41, 5.74) is 0.503. The molecule has 1 rings (SSSR count). The maximum Gasteiger partial charge on any atom is 0.314 e. The lowest BCUT2D eigenvalue weighted by atomic mass is 10.1. The molecule has 0 bridgehead atoms. The molecule has 2 N–H and O–H groups in total. The summed E-state index contributed by atoms with van der Waals surface area (Å²) in [6.45, 7) is -0.586. The molecule has 0 radical (unpaired) electrons. The predicted octanol–water partition coefficient (Wildman–Crippen LogP) is 2.07. The second kappa shape index (κ2) is 6.83. The van der Waals surface area contributed by atoms with Gasteiger partial charge < -0.3 is 10.6 Å². The van der Waals surface area contributed by atoms with Crippen LogP contribution >= 0.6 is 0 Å². The summed E-state index contributed by atoms with van der Waals surface area (Å²) in [6.07, 6.45) is -2.33. The highest BCUT2D eigenvalue weighted by molar-refractivity contribution is 5.73. The number of amides is 2. The van der Waals surface area contributed by atoms with Gasteiger partial charge in [-0.3, -0.25) is 0 Å². The summed E-state index contributed by atoms with van der Waals surface area (Å²) in [5, 5.41) is 4.28. The molecule has 0 saturated carbocycles. The topological polar surface area (TPSA) is 41.1 Å². The van der Waals surface area contributed by atoms with Gasteiger partial charge in [0.05, 0.1) is 6.54 Å². The lowest BCUT2D eigenvalue weighted by Gasteiger charge is -2.07. The van der Waals surface area contributed by atoms with Gasteiger partial charge in [-0.05, 0) is 24.1 Å². The lowest BCUT2D eigenvalue weighted by molar-refractivity contribution is 0.146. The molecule has 0 unspecified atom stereocenters. The van der Waals surface area contributed by atoms with E-state index >= 15 is 0 Å². The maximum absolute atomic E-state index is 12.8. The molecule has 0 heterocycles. The number of nitrogens with one attached hydrogen (secondary N) is 2. The van der Waals surface area contributed by atoms with Gasteiger partial charge in [0, 0.05) is 6.54 Å². The zero-order valence-corrected chi connectivity index (χ0v) is 9.35. The van der Waals surface area contributed by atoms with E-state index in [0.717, 1.165) is 12.1 Å². The van der Waals surface area contributed by atoms with E-state index in [-0.39, 0.29) is 13.0 Å². The molecule has 0 saturated heterocycles. The van der Waals surface area contributed by atoms with Crippen LogP contribution in [0.1, 0.15) is 5.56 Å². The average molecular weight is 264 g/mol. The first-order valence-corrected chi connectivity index (χ1v) is 5.23. The second-order valence-corrected chi connectivity index (χ2v) is 3.53. The number of carbonyl (C=O) groups is 1. The van der Waals surface area contributed by atoms with E-state index in [1.54, 1.807) is 0 Å². The molecular formula is C11H12F4N2O. The van der Waals surface area contributed by atoms with Crippen LogP contribution < -0.4 is 10.6 Å². The van der Waals surface area contributed by atoms with Crippen LogP contribution in [0.2, 0.25) is 0 Å². The van der Waals surface area contributed by atoms with Crippen LogP contribution in [0.3, 0.4) is 0 Å². The van der Waals surface area contributed by atoms with Crippen LogP contribution in [0.4, 0.5) is 22.4 Å². The minimum atomic E-state index is -2.61. The Labute approximate surface area is 101 Å². The third kappa shape index (κ3) is 5.03. The zero-order chi connectivity index (χ0) is 13.5. The number of benzene rings is 1. The summed E-state index contributed by atoms with van der Waals surface area (Å²) < 4.78 is 48.9. The van der Waals surface area contributed by atoms with Gasteiger partial charge in [-0.25, -0.2) is 22.4 Å². The largest absolute Gasteiger partial charge is 0.338 e. The van der Waals surface area contributed by atoms with E-state index in [9.17, 15) is 22.4 Å². The van der Waals surface area contributed by atoms with Gasteiger partial charge >= 0.3 is 6.03 Å². The minimum absolute atomic E-state index is 0.139. The molecule has 100 valence electrons. The first-order valence-electron chi connectivity index (χ1n) is 5.23. The highest BCUT2D eigenvalue weighted by atomic mass is 19.3. The SMILES string of the molecule is O=C(NCCc1ccc(F)c(F)c1)NCC(F)F. The fourth-order valence-corrected chi connectivity index (χ4v) is 1.25. The zero-order valence-electron chi connectivity index (χ0n) is 9.35. The summed E-state index contributed by atoms with van der Waals surface area (Å²) in [4.78, 5) is 11.0. The van der Waals surface area contributed by atoms with Crippen molar-refractivity contribution in [2.45, 2.75) is 12.8 Å². The first kappa shape index (κ1) is 14.3. The Morgan fingerprint density at radius 3 is 2.50 bits per heavy atom. The third-order valence-electron chi connectivity index (χ3n) is 2.10. The second-order valence-electron chi connectivity index (χ2n) is 3.53. The molecule has 0 aliphatic heterocycles. The van der Waals surface area contributed by atoms with Gasteiger partial charge in [-0.15, -0.1) is 0 Å². The summed E-state index contributed by atoms with van der Waals surface area (Å²) in [6, 6.07) is 2.67. The molecule has 1 aromatic rings. The Bertz CT molecular complexity index is 412. The predicted molar refractivity (Wildman–Crippen MR) is 57.5 cm³/mol. The van der Waals surface area contributed by atoms with E-state index in [2.05, 4.69) is 5.32 Å². The van der Waals surface area contributed by atoms with Crippen molar-refractivity contribution >= 4 is 6.03 Å². The van der Waals surface area contributed by atoms with E-state index in [0.29, 0.717) is 5.56 Å². The quantitative estimate of drug-likeness (QED) is 0.785. The number of carbonyl (C=O) groups excluding carboxylic acids is 1. The van der Waals surface area contributed by atoms with E-state index < -0.39 is 30.6 Å². The van der Waals surface area contributed by atoms with Crippen molar-refractivity contribution in [2.75, 3.05) is 13.1 Å². The van der Waals surface area contributed by atoms with E-state index in [1.165, 1.54) is 6.07 Å². The molecule has 1 aromatic carbocycles. The van der Waals surface area contributed by atoms with E-state index in [4.69, 9.17) is 0 Å². The summed E-state index contributed by atoms with van der Waals surface area (Å²) in [5.74, 6) is -1.91. The van der Waals surface area contributed by atoms with Crippen LogP contribution in [0.15, 0.2) is 18.2 Å². The van der Waals surface area contributed by atoms with Crippen LogP contribution in [-0.2, 0) is 6.42 Å². The number of halogens is 4. The fourth-order valence-electron chi connectivity index (χ4n) is 1.25. The van der Waals surface area contributed by atoms with Crippen molar-refractivity contribution < 1.29 is 22.4 Å². The van der Waals surface area contributed by atoms with Crippen molar-refractivity contribution in [3.8, 4) is 0 Å². The van der Waals surface area contributed by atoms with Gasteiger partial charge in [-0.1, -0.05) is 6.07 Å². The van der Waals surface area contributed by atoms with Gasteiger partial charge in [0.15, 0.2) is 11.6 Å². The molecule has 3 nitrogen and oxygen atoms in total. The molecule has 0 spiro atoms. The summed E-state index contributed by atoms with van der Waals surface area (Å²) in [7, 11) is 0. The number of alkyl halides is 2. The molecule has 7 heteroatoms. The third-order valence-corrected chi connectivity index (χ3v) is 2.10. The molecule has 0 aromatic heterocycles. The Hall–Kier alpha value is -1.79. The number of urea groups is 1. The molecule has 0 aliphatic rings. The fraction of sp³-hybridized carbons (Fsp3) is 0.364. The molecule has 0 fully saturated rings. The van der Waals surface area contributed by atoms with E-state index in [1.807, 2.05) is 5.32 Å². The molecule has 0 aliphatic carbocycles. The van der Waals surface area contributed by atoms with Crippen LogP contribution in [-0.4, -0.2) is 25.5 Å².